The van der Waals surface area contributed by atoms with Gasteiger partial charge >= 0.3 is 0 Å². The zero-order chi connectivity index (χ0) is 14.5. The lowest BCUT2D eigenvalue weighted by Gasteiger charge is -2.30. The second-order valence-corrected chi connectivity index (χ2v) is 5.50. The Morgan fingerprint density at radius 3 is 2.95 bits per heavy atom. The third-order valence-electron chi connectivity index (χ3n) is 3.65. The Hall–Kier alpha value is -1.55. The topological polar surface area (TPSA) is 49.8 Å². The fourth-order valence-electron chi connectivity index (χ4n) is 2.55. The molecule has 1 saturated heterocycles. The van der Waals surface area contributed by atoms with Crippen LogP contribution in [0.15, 0.2) is 18.2 Å². The number of nitrogens with zero attached hydrogens (tertiary/aromatic N) is 1. The average molecular weight is 277 g/mol. The largest absolute Gasteiger partial charge is 0.493 e. The lowest BCUT2D eigenvalue weighted by molar-refractivity contribution is -0.134. The van der Waals surface area contributed by atoms with Crippen LogP contribution in [0.3, 0.4) is 0 Å². The van der Waals surface area contributed by atoms with Crippen molar-refractivity contribution >= 4 is 5.91 Å². The Labute approximate surface area is 120 Å². The number of piperidine rings is 1. The van der Waals surface area contributed by atoms with Gasteiger partial charge in [0.05, 0.1) is 19.1 Å². The zero-order valence-electron chi connectivity index (χ0n) is 12.3. The molecule has 0 radical (unpaired) electrons. The summed E-state index contributed by atoms with van der Waals surface area (Å²) in [6.07, 6.45) is 1.67. The molecule has 1 N–H and O–H groups in total. The van der Waals surface area contributed by atoms with E-state index in [9.17, 15) is 9.90 Å². The van der Waals surface area contributed by atoms with E-state index in [0.717, 1.165) is 30.7 Å². The third-order valence-corrected chi connectivity index (χ3v) is 3.65. The van der Waals surface area contributed by atoms with Gasteiger partial charge in [-0.1, -0.05) is 17.7 Å². The van der Waals surface area contributed by atoms with Gasteiger partial charge in [0, 0.05) is 13.1 Å². The van der Waals surface area contributed by atoms with E-state index in [2.05, 4.69) is 6.07 Å². The maximum Gasteiger partial charge on any atom is 0.226 e. The minimum absolute atomic E-state index is 0.0634. The van der Waals surface area contributed by atoms with Gasteiger partial charge in [-0.15, -0.1) is 0 Å². The summed E-state index contributed by atoms with van der Waals surface area (Å²) >= 11 is 0. The first kappa shape index (κ1) is 14.9. The van der Waals surface area contributed by atoms with Gasteiger partial charge in [0.1, 0.15) is 5.75 Å². The number of aliphatic hydroxyl groups excluding tert-OH is 1. The molecule has 0 bridgehead atoms. The summed E-state index contributed by atoms with van der Waals surface area (Å²) in [5.41, 5.74) is 2.29. The van der Waals surface area contributed by atoms with Crippen molar-refractivity contribution in [3.63, 3.8) is 0 Å². The molecule has 4 nitrogen and oxygen atoms in total. The molecule has 0 aliphatic carbocycles. The van der Waals surface area contributed by atoms with Crippen molar-refractivity contribution in [2.45, 2.75) is 39.2 Å². The van der Waals surface area contributed by atoms with E-state index < -0.39 is 0 Å². The predicted octanol–water partition coefficient (Wildman–Crippen LogP) is 2.06. The van der Waals surface area contributed by atoms with E-state index in [1.54, 1.807) is 4.90 Å². The molecule has 0 aromatic heterocycles. The standard InChI is InChI=1S/C16H23NO3/c1-12-5-6-15(13(2)10-12)20-9-7-16(19)17-8-3-4-14(18)11-17/h5-6,10,14,18H,3-4,7-9,11H2,1-2H3/t14-/m0/s1. The second kappa shape index (κ2) is 6.75. The molecule has 4 heteroatoms. The Balaban J connectivity index is 1.79. The molecule has 1 heterocycles. The number of ether oxygens (including phenoxy) is 1. The maximum absolute atomic E-state index is 12.0. The van der Waals surface area contributed by atoms with E-state index in [1.807, 2.05) is 26.0 Å². The molecule has 1 atom stereocenters. The molecule has 0 unspecified atom stereocenters. The van der Waals surface area contributed by atoms with E-state index in [-0.39, 0.29) is 12.0 Å². The van der Waals surface area contributed by atoms with Crippen LogP contribution in [0.4, 0.5) is 0 Å². The molecular weight excluding hydrogens is 254 g/mol. The molecular formula is C16H23NO3. The number of β-amino-alcohol motifs (C(OH)–C–C–N with tert-alkyl or cyclic N) is 1. The van der Waals surface area contributed by atoms with E-state index in [1.165, 1.54) is 5.56 Å². The van der Waals surface area contributed by atoms with Crippen LogP contribution >= 0.6 is 0 Å². The number of rotatable bonds is 4. The Morgan fingerprint density at radius 1 is 1.45 bits per heavy atom. The normalized spacial score (nSPS) is 18.9. The summed E-state index contributed by atoms with van der Waals surface area (Å²) in [6, 6.07) is 6.02. The van der Waals surface area contributed by atoms with Gasteiger partial charge in [0.15, 0.2) is 0 Å². The lowest BCUT2D eigenvalue weighted by Crippen LogP contribution is -2.42. The van der Waals surface area contributed by atoms with Crippen molar-refractivity contribution in [1.82, 2.24) is 4.90 Å². The summed E-state index contributed by atoms with van der Waals surface area (Å²) in [4.78, 5) is 13.7. The maximum atomic E-state index is 12.0. The van der Waals surface area contributed by atoms with Crippen LogP contribution in [0, 0.1) is 13.8 Å². The van der Waals surface area contributed by atoms with Crippen molar-refractivity contribution in [3.8, 4) is 5.75 Å². The Kier molecular flexibility index (Phi) is 5.01. The first-order valence-corrected chi connectivity index (χ1v) is 7.22. The molecule has 110 valence electrons. The Morgan fingerprint density at radius 2 is 2.25 bits per heavy atom. The average Bonchev–Trinajstić information content (AvgIpc) is 2.41. The highest BCUT2D eigenvalue weighted by molar-refractivity contribution is 5.76. The third kappa shape index (κ3) is 3.97. The summed E-state index contributed by atoms with van der Waals surface area (Å²) in [6.45, 7) is 5.64. The van der Waals surface area contributed by atoms with Gasteiger partial charge < -0.3 is 14.7 Å². The van der Waals surface area contributed by atoms with Crippen molar-refractivity contribution in [3.05, 3.63) is 29.3 Å². The fourth-order valence-corrected chi connectivity index (χ4v) is 2.55. The molecule has 1 aliphatic heterocycles. The van der Waals surface area contributed by atoms with E-state index in [4.69, 9.17) is 4.74 Å². The summed E-state index contributed by atoms with van der Waals surface area (Å²) < 4.78 is 5.67. The predicted molar refractivity (Wildman–Crippen MR) is 77.8 cm³/mol. The first-order chi connectivity index (χ1) is 9.56. The van der Waals surface area contributed by atoms with Crippen molar-refractivity contribution in [1.29, 1.82) is 0 Å². The number of carbonyl (C=O) groups is 1. The second-order valence-electron chi connectivity index (χ2n) is 5.50. The molecule has 1 aromatic rings. The number of carbonyl (C=O) groups excluding carboxylic acids is 1. The van der Waals surface area contributed by atoms with Gasteiger partial charge in [-0.2, -0.15) is 0 Å². The van der Waals surface area contributed by atoms with Crippen LogP contribution in [-0.2, 0) is 4.79 Å². The zero-order valence-corrected chi connectivity index (χ0v) is 12.3. The minimum atomic E-state index is -0.368. The molecule has 0 spiro atoms. The summed E-state index contributed by atoms with van der Waals surface area (Å²) in [5.74, 6) is 0.899. The van der Waals surface area contributed by atoms with Crippen LogP contribution in [0.1, 0.15) is 30.4 Å². The summed E-state index contributed by atoms with van der Waals surface area (Å²) in [5, 5.41) is 9.57. The lowest BCUT2D eigenvalue weighted by atomic mass is 10.1. The molecule has 1 aromatic carbocycles. The van der Waals surface area contributed by atoms with Gasteiger partial charge in [-0.05, 0) is 38.3 Å². The minimum Gasteiger partial charge on any atom is -0.493 e. The van der Waals surface area contributed by atoms with E-state index >= 15 is 0 Å². The smallest absolute Gasteiger partial charge is 0.226 e. The van der Waals surface area contributed by atoms with Crippen molar-refractivity contribution in [2.24, 2.45) is 0 Å². The molecule has 20 heavy (non-hydrogen) atoms. The fraction of sp³-hybridized carbons (Fsp3) is 0.562. The quantitative estimate of drug-likeness (QED) is 0.916. The number of hydrogen-bond donors (Lipinski definition) is 1. The number of amides is 1. The van der Waals surface area contributed by atoms with Crippen LogP contribution < -0.4 is 4.74 Å². The molecule has 2 rings (SSSR count). The van der Waals surface area contributed by atoms with Crippen molar-refractivity contribution in [2.75, 3.05) is 19.7 Å². The highest BCUT2D eigenvalue weighted by Crippen LogP contribution is 2.19. The Bertz CT molecular complexity index is 473. The van der Waals surface area contributed by atoms with Crippen LogP contribution in [0.25, 0.3) is 0 Å². The monoisotopic (exact) mass is 277 g/mol. The van der Waals surface area contributed by atoms with Gasteiger partial charge in [-0.25, -0.2) is 0 Å². The van der Waals surface area contributed by atoms with Gasteiger partial charge in [0.25, 0.3) is 0 Å². The number of likely N-dealkylation sites (tertiary alicyclic amines) is 1. The molecule has 1 fully saturated rings. The molecule has 1 aliphatic rings. The number of benzene rings is 1. The number of aliphatic hydroxyl groups is 1. The van der Waals surface area contributed by atoms with Crippen LogP contribution in [-0.4, -0.2) is 41.7 Å². The SMILES string of the molecule is Cc1ccc(OCCC(=O)N2CCC[C@H](O)C2)c(C)c1. The van der Waals surface area contributed by atoms with Gasteiger partial charge in [0.2, 0.25) is 5.91 Å². The first-order valence-electron chi connectivity index (χ1n) is 7.22. The van der Waals surface area contributed by atoms with Crippen LogP contribution in [0.5, 0.6) is 5.75 Å². The highest BCUT2D eigenvalue weighted by atomic mass is 16.5. The number of hydrogen-bond acceptors (Lipinski definition) is 3. The van der Waals surface area contributed by atoms with Crippen LogP contribution in [0.2, 0.25) is 0 Å². The van der Waals surface area contributed by atoms with E-state index in [0.29, 0.717) is 19.6 Å². The van der Waals surface area contributed by atoms with Crippen molar-refractivity contribution < 1.29 is 14.6 Å². The highest BCUT2D eigenvalue weighted by Gasteiger charge is 2.21. The number of aryl methyl sites for hydroxylation is 2. The molecule has 0 saturated carbocycles. The summed E-state index contributed by atoms with van der Waals surface area (Å²) in [7, 11) is 0. The molecule has 1 amide bonds. The van der Waals surface area contributed by atoms with Gasteiger partial charge in [-0.3, -0.25) is 4.79 Å².